The third-order valence-corrected chi connectivity index (χ3v) is 8.31. The predicted molar refractivity (Wildman–Crippen MR) is 146 cm³/mol. The molecule has 1 aromatic heterocycles. The Hall–Kier alpha value is -2.26. The van der Waals surface area contributed by atoms with Crippen LogP contribution in [0.15, 0.2) is 30.5 Å². The van der Waals surface area contributed by atoms with Crippen LogP contribution in [0.1, 0.15) is 57.1 Å². The molecular formula is C29H37ClFN3O4. The van der Waals surface area contributed by atoms with Gasteiger partial charge in [0.25, 0.3) is 5.91 Å². The summed E-state index contributed by atoms with van der Waals surface area (Å²) in [6.07, 6.45) is 5.83. The summed E-state index contributed by atoms with van der Waals surface area (Å²) in [6.45, 7) is 6.05. The highest BCUT2D eigenvalue weighted by Gasteiger charge is 2.35. The van der Waals surface area contributed by atoms with Crippen molar-refractivity contribution < 1.29 is 23.4 Å². The fraction of sp³-hybridized carbons (Fsp3) is 0.586. The van der Waals surface area contributed by atoms with Crippen LogP contribution >= 0.6 is 11.6 Å². The number of ether oxygens (including phenoxy) is 3. The first-order valence-corrected chi connectivity index (χ1v) is 14.2. The molecule has 0 radical (unpaired) electrons. The molecular weight excluding hydrogens is 509 g/mol. The van der Waals surface area contributed by atoms with E-state index in [4.69, 9.17) is 25.8 Å². The average Bonchev–Trinajstić information content (AvgIpc) is 3.08. The molecule has 1 unspecified atom stereocenters. The topological polar surface area (TPSA) is 72.9 Å². The van der Waals surface area contributed by atoms with Gasteiger partial charge in [0.15, 0.2) is 0 Å². The molecule has 0 spiro atoms. The number of aryl methyl sites for hydroxylation is 1. The normalized spacial score (nSPS) is 25.3. The van der Waals surface area contributed by atoms with Gasteiger partial charge in [-0.25, -0.2) is 9.37 Å². The number of rotatable bonds is 7. The van der Waals surface area contributed by atoms with Crippen LogP contribution in [0.5, 0.6) is 0 Å². The van der Waals surface area contributed by atoms with Crippen molar-refractivity contribution in [2.24, 2.45) is 5.41 Å². The minimum atomic E-state index is -0.583. The third kappa shape index (κ3) is 6.14. The van der Waals surface area contributed by atoms with Gasteiger partial charge >= 0.3 is 0 Å². The van der Waals surface area contributed by atoms with Crippen LogP contribution in [-0.4, -0.2) is 54.9 Å². The molecule has 0 bridgehead atoms. The molecule has 0 aliphatic carbocycles. The number of aromatic nitrogens is 1. The lowest BCUT2D eigenvalue weighted by Crippen LogP contribution is -2.44. The molecule has 7 nitrogen and oxygen atoms in total. The van der Waals surface area contributed by atoms with Gasteiger partial charge in [0, 0.05) is 23.5 Å². The van der Waals surface area contributed by atoms with Crippen LogP contribution < -0.4 is 10.2 Å². The maximum Gasteiger partial charge on any atom is 0.256 e. The number of alkyl halides is 1. The Bertz CT molecular complexity index is 1130. The predicted octanol–water partition coefficient (Wildman–Crippen LogP) is 5.75. The molecule has 5 rings (SSSR count). The summed E-state index contributed by atoms with van der Waals surface area (Å²) in [6, 6.07) is 7.54. The molecule has 1 N–H and O–H groups in total. The van der Waals surface area contributed by atoms with Crippen LogP contribution in [-0.2, 0) is 32.0 Å². The first-order chi connectivity index (χ1) is 18.4. The summed E-state index contributed by atoms with van der Waals surface area (Å²) in [5.74, 6) is 0.541. The molecule has 4 heterocycles. The highest BCUT2D eigenvalue weighted by atomic mass is 35.5. The van der Waals surface area contributed by atoms with Gasteiger partial charge in [0.2, 0.25) is 0 Å². The lowest BCUT2D eigenvalue weighted by Gasteiger charge is -2.35. The van der Waals surface area contributed by atoms with Crippen LogP contribution in [0, 0.1) is 11.2 Å². The Labute approximate surface area is 229 Å². The summed E-state index contributed by atoms with van der Waals surface area (Å²) in [5.41, 5.74) is 3.20. The molecule has 0 saturated carbocycles. The van der Waals surface area contributed by atoms with Crippen molar-refractivity contribution in [3.63, 3.8) is 0 Å². The van der Waals surface area contributed by atoms with Crippen molar-refractivity contribution in [2.45, 2.75) is 77.2 Å². The van der Waals surface area contributed by atoms with E-state index in [0.29, 0.717) is 36.9 Å². The van der Waals surface area contributed by atoms with Gasteiger partial charge in [-0.1, -0.05) is 6.07 Å². The molecule has 38 heavy (non-hydrogen) atoms. The number of fused-ring (bicyclic) bond motifs is 2. The number of amides is 1. The molecule has 1 amide bonds. The summed E-state index contributed by atoms with van der Waals surface area (Å²) in [4.78, 5) is 19.9. The van der Waals surface area contributed by atoms with E-state index in [1.54, 1.807) is 4.90 Å². The zero-order valence-corrected chi connectivity index (χ0v) is 22.9. The lowest BCUT2D eigenvalue weighted by atomic mass is 9.79. The van der Waals surface area contributed by atoms with E-state index in [2.05, 4.69) is 22.4 Å². The summed E-state index contributed by atoms with van der Waals surface area (Å²) < 4.78 is 31.8. The van der Waals surface area contributed by atoms with Gasteiger partial charge in [0.05, 0.1) is 49.5 Å². The van der Waals surface area contributed by atoms with E-state index in [9.17, 15) is 9.18 Å². The van der Waals surface area contributed by atoms with Gasteiger partial charge in [-0.15, -0.1) is 11.6 Å². The highest BCUT2D eigenvalue weighted by Crippen LogP contribution is 2.39. The number of hydrogen-bond acceptors (Lipinski definition) is 6. The van der Waals surface area contributed by atoms with Crippen LogP contribution in [0.3, 0.4) is 0 Å². The fourth-order valence-electron chi connectivity index (χ4n) is 5.63. The van der Waals surface area contributed by atoms with Crippen LogP contribution in [0.2, 0.25) is 0 Å². The number of nitrogens with zero attached hydrogens (tertiary/aromatic N) is 2. The number of benzene rings is 1. The zero-order valence-electron chi connectivity index (χ0n) is 22.2. The van der Waals surface area contributed by atoms with E-state index < -0.39 is 11.9 Å². The molecule has 206 valence electrons. The van der Waals surface area contributed by atoms with Gasteiger partial charge in [-0.05, 0) is 76.1 Å². The van der Waals surface area contributed by atoms with Crippen molar-refractivity contribution in [2.75, 3.05) is 35.9 Å². The summed E-state index contributed by atoms with van der Waals surface area (Å²) >= 11 is 6.39. The first kappa shape index (κ1) is 27.3. The average molecular weight is 546 g/mol. The number of carbonyl (C=O) groups is 1. The quantitative estimate of drug-likeness (QED) is 0.446. The molecule has 3 aliphatic rings. The number of carbonyl (C=O) groups excluding carboxylic acids is 1. The summed E-state index contributed by atoms with van der Waals surface area (Å²) in [7, 11) is 0. The van der Waals surface area contributed by atoms with E-state index in [1.165, 1.54) is 12.3 Å². The summed E-state index contributed by atoms with van der Waals surface area (Å²) in [5, 5.41) is 3.32. The van der Waals surface area contributed by atoms with Crippen molar-refractivity contribution in [3.05, 3.63) is 47.4 Å². The molecule has 2 fully saturated rings. The highest BCUT2D eigenvalue weighted by molar-refractivity contribution is 6.18. The van der Waals surface area contributed by atoms with Crippen molar-refractivity contribution >= 4 is 34.7 Å². The third-order valence-electron chi connectivity index (χ3n) is 7.74. The molecule has 2 saturated heterocycles. The number of halogens is 2. The molecule has 3 aliphatic heterocycles. The number of anilines is 3. The van der Waals surface area contributed by atoms with E-state index >= 15 is 0 Å². The van der Waals surface area contributed by atoms with E-state index in [-0.39, 0.29) is 30.1 Å². The molecule has 1 aromatic carbocycles. The van der Waals surface area contributed by atoms with Crippen molar-refractivity contribution in [1.29, 1.82) is 0 Å². The van der Waals surface area contributed by atoms with Gasteiger partial charge in [-0.2, -0.15) is 0 Å². The lowest BCUT2D eigenvalue weighted by molar-refractivity contribution is -0.143. The van der Waals surface area contributed by atoms with Gasteiger partial charge < -0.3 is 24.4 Å². The van der Waals surface area contributed by atoms with Crippen molar-refractivity contribution in [1.82, 2.24) is 4.98 Å². The Morgan fingerprint density at radius 2 is 2.21 bits per heavy atom. The zero-order chi connectivity index (χ0) is 26.7. The Morgan fingerprint density at radius 1 is 1.34 bits per heavy atom. The Morgan fingerprint density at radius 3 is 2.92 bits per heavy atom. The number of nitrogens with one attached hydrogen (secondary N) is 1. The molecule has 3 atom stereocenters. The van der Waals surface area contributed by atoms with E-state index in [0.717, 1.165) is 55.6 Å². The Kier molecular flexibility index (Phi) is 8.53. The second-order valence-corrected chi connectivity index (χ2v) is 11.3. The smallest absolute Gasteiger partial charge is 0.256 e. The van der Waals surface area contributed by atoms with Gasteiger partial charge in [-0.3, -0.25) is 4.79 Å². The Balaban J connectivity index is 1.40. The monoisotopic (exact) mass is 545 g/mol. The van der Waals surface area contributed by atoms with Gasteiger partial charge in [0.1, 0.15) is 17.7 Å². The van der Waals surface area contributed by atoms with Crippen LogP contribution in [0.25, 0.3) is 0 Å². The number of hydrogen-bond donors (Lipinski definition) is 1. The minimum absolute atomic E-state index is 0.0132. The fourth-order valence-corrected chi connectivity index (χ4v) is 5.98. The SMILES string of the molecule is CC(C)O[C@H]1CC[C@H](C(=O)N2Cc3cc(F)cnc3Nc3ccc(CCC4(CCl)CCCOC4)cc32)OC1. The van der Waals surface area contributed by atoms with E-state index in [1.807, 2.05) is 19.9 Å². The second-order valence-electron chi connectivity index (χ2n) is 11.1. The maximum absolute atomic E-state index is 14.1. The second kappa shape index (κ2) is 11.9. The first-order valence-electron chi connectivity index (χ1n) is 13.6. The van der Waals surface area contributed by atoms with Crippen molar-refractivity contribution in [3.8, 4) is 0 Å². The van der Waals surface area contributed by atoms with Crippen LogP contribution in [0.4, 0.5) is 21.6 Å². The molecule has 2 aromatic rings. The molecule has 9 heteroatoms. The minimum Gasteiger partial charge on any atom is -0.381 e. The maximum atomic E-state index is 14.1. The largest absolute Gasteiger partial charge is 0.381 e. The standard InChI is InChI=1S/C29H37ClFN3O4/c1-19(2)38-23-5-7-26(37-16-23)28(35)34-15-21-13-22(31)14-32-27(21)33-24-6-4-20(12-25(24)34)8-10-29(17-30)9-3-11-36-18-29/h4,6,12-14,19,23,26H,3,5,7-11,15-18H2,1-2H3,(H,32,33)/t23-,26+,29?/m0/s1. The number of pyridine rings is 1.